The molecule has 0 unspecified atom stereocenters. The maximum absolute atomic E-state index is 11.1. The van der Waals surface area contributed by atoms with Gasteiger partial charge in [-0.25, -0.2) is 4.79 Å². The van der Waals surface area contributed by atoms with Crippen molar-refractivity contribution in [2.24, 2.45) is 0 Å². The van der Waals surface area contributed by atoms with Gasteiger partial charge in [-0.1, -0.05) is 30.3 Å². The van der Waals surface area contributed by atoms with E-state index in [1.165, 1.54) is 11.8 Å². The summed E-state index contributed by atoms with van der Waals surface area (Å²) in [5, 5.41) is 12.6. The first-order chi connectivity index (χ1) is 8.77. The molecule has 0 aliphatic carbocycles. The lowest BCUT2D eigenvalue weighted by Gasteiger charge is -2.08. The van der Waals surface area contributed by atoms with Gasteiger partial charge in [0.25, 0.3) is 0 Å². The summed E-state index contributed by atoms with van der Waals surface area (Å²) in [4.78, 5) is 11.1. The minimum atomic E-state index is -0.985. The number of rotatable bonds is 4. The van der Waals surface area contributed by atoms with E-state index in [-0.39, 0.29) is 5.57 Å². The van der Waals surface area contributed by atoms with Gasteiger partial charge in [0.15, 0.2) is 0 Å². The monoisotopic (exact) mass is 260 g/mol. The molecular weight excluding hydrogens is 248 g/mol. The number of allylic oxidation sites excluding steroid dienone is 1. The Kier molecular flexibility index (Phi) is 4.25. The number of aliphatic carboxylic acids is 1. The summed E-state index contributed by atoms with van der Waals surface area (Å²) >= 11 is 1.42. The Morgan fingerprint density at radius 3 is 2.61 bits per heavy atom. The first kappa shape index (κ1) is 12.5. The van der Waals surface area contributed by atoms with Crippen molar-refractivity contribution >= 4 is 17.7 Å². The maximum atomic E-state index is 11.1. The van der Waals surface area contributed by atoms with Crippen molar-refractivity contribution in [2.75, 3.05) is 0 Å². The van der Waals surface area contributed by atoms with Crippen LogP contribution in [0, 0.1) is 0 Å². The molecule has 0 fully saturated rings. The van der Waals surface area contributed by atoms with Crippen LogP contribution in [0.1, 0.15) is 5.56 Å². The summed E-state index contributed by atoms with van der Waals surface area (Å²) in [5.41, 5.74) is 1.18. The zero-order valence-electron chi connectivity index (χ0n) is 9.58. The van der Waals surface area contributed by atoms with Gasteiger partial charge in [-0.05, 0) is 28.5 Å². The average molecular weight is 260 g/mol. The van der Waals surface area contributed by atoms with E-state index in [0.29, 0.717) is 12.4 Å². The van der Waals surface area contributed by atoms with E-state index in [0.717, 1.165) is 5.56 Å². The van der Waals surface area contributed by atoms with Gasteiger partial charge in [-0.15, -0.1) is 11.8 Å². The molecule has 0 spiro atoms. The van der Waals surface area contributed by atoms with Crippen molar-refractivity contribution in [2.45, 2.75) is 6.61 Å². The average Bonchev–Trinajstić information content (AvgIpc) is 2.63. The number of hydrogen-bond acceptors (Lipinski definition) is 3. The molecular formula is C14H12O3S. The lowest BCUT2D eigenvalue weighted by molar-refractivity contribution is -0.132. The Labute approximate surface area is 109 Å². The van der Waals surface area contributed by atoms with Crippen LogP contribution in [0.4, 0.5) is 0 Å². The predicted molar refractivity (Wildman–Crippen MR) is 71.8 cm³/mol. The van der Waals surface area contributed by atoms with Crippen molar-refractivity contribution in [1.29, 1.82) is 0 Å². The summed E-state index contributed by atoms with van der Waals surface area (Å²) in [6.45, 7) is 0.357. The number of carbonyl (C=O) groups is 1. The smallest absolute Gasteiger partial charge is 0.339 e. The minimum absolute atomic E-state index is 0.173. The highest BCUT2D eigenvalue weighted by Gasteiger charge is 2.12. The van der Waals surface area contributed by atoms with E-state index in [4.69, 9.17) is 9.84 Å². The van der Waals surface area contributed by atoms with Crippen LogP contribution in [0.25, 0.3) is 0 Å². The molecule has 0 bridgehead atoms. The topological polar surface area (TPSA) is 46.5 Å². The van der Waals surface area contributed by atoms with E-state index in [1.54, 1.807) is 23.0 Å². The Bertz CT molecular complexity index is 515. The SMILES string of the molecule is O=C(O)C1=C(OCc2ccccc2)C=CSC=C1. The quantitative estimate of drug-likeness (QED) is 0.902. The van der Waals surface area contributed by atoms with Crippen molar-refractivity contribution in [3.63, 3.8) is 0 Å². The first-order valence-electron chi connectivity index (χ1n) is 5.40. The highest BCUT2D eigenvalue weighted by molar-refractivity contribution is 8.04. The largest absolute Gasteiger partial charge is 0.488 e. The zero-order chi connectivity index (χ0) is 12.8. The first-order valence-corrected chi connectivity index (χ1v) is 6.34. The van der Waals surface area contributed by atoms with Gasteiger partial charge in [0.1, 0.15) is 17.9 Å². The molecule has 18 heavy (non-hydrogen) atoms. The second-order valence-corrected chi connectivity index (χ2v) is 4.42. The molecule has 1 aromatic rings. The summed E-state index contributed by atoms with van der Waals surface area (Å²) in [6, 6.07) is 9.64. The van der Waals surface area contributed by atoms with E-state index >= 15 is 0 Å². The molecule has 2 rings (SSSR count). The molecule has 1 aromatic carbocycles. The molecule has 1 heterocycles. The van der Waals surface area contributed by atoms with Crippen LogP contribution < -0.4 is 0 Å². The van der Waals surface area contributed by atoms with Gasteiger partial charge in [0.2, 0.25) is 0 Å². The van der Waals surface area contributed by atoms with Crippen LogP contribution in [0.5, 0.6) is 0 Å². The third-order valence-electron chi connectivity index (χ3n) is 2.34. The van der Waals surface area contributed by atoms with Crippen LogP contribution in [0.15, 0.2) is 64.6 Å². The van der Waals surface area contributed by atoms with E-state index in [9.17, 15) is 4.79 Å². The number of hydrogen-bond donors (Lipinski definition) is 1. The van der Waals surface area contributed by atoms with Crippen LogP contribution in [0.3, 0.4) is 0 Å². The fourth-order valence-corrected chi connectivity index (χ4v) is 1.97. The number of ether oxygens (including phenoxy) is 1. The van der Waals surface area contributed by atoms with Crippen molar-refractivity contribution in [3.8, 4) is 0 Å². The lowest BCUT2D eigenvalue weighted by Crippen LogP contribution is -2.04. The standard InChI is InChI=1S/C14H12O3S/c15-14(16)12-6-8-18-9-7-13(12)17-10-11-4-2-1-3-5-11/h1-9H,10H2,(H,15,16). The Balaban J connectivity index is 2.15. The minimum Gasteiger partial charge on any atom is -0.488 e. The lowest BCUT2D eigenvalue weighted by atomic mass is 10.2. The molecule has 0 atom stereocenters. The number of thioether (sulfide) groups is 1. The normalized spacial score (nSPS) is 14.4. The summed E-state index contributed by atoms with van der Waals surface area (Å²) < 4.78 is 5.57. The molecule has 0 radical (unpaired) electrons. The molecule has 0 aromatic heterocycles. The van der Waals surface area contributed by atoms with Gasteiger partial charge in [0, 0.05) is 0 Å². The van der Waals surface area contributed by atoms with Gasteiger partial charge >= 0.3 is 5.97 Å². The molecule has 1 N–H and O–H groups in total. The molecule has 1 aliphatic rings. The summed E-state index contributed by atoms with van der Waals surface area (Å²) in [7, 11) is 0. The molecule has 0 saturated heterocycles. The molecule has 92 valence electrons. The van der Waals surface area contributed by atoms with E-state index in [2.05, 4.69) is 0 Å². The van der Waals surface area contributed by atoms with Gasteiger partial charge in [-0.3, -0.25) is 0 Å². The second-order valence-electron chi connectivity index (χ2n) is 3.60. The van der Waals surface area contributed by atoms with Crippen molar-refractivity contribution in [3.05, 3.63) is 70.2 Å². The number of benzene rings is 1. The van der Waals surface area contributed by atoms with Crippen molar-refractivity contribution < 1.29 is 14.6 Å². The highest BCUT2D eigenvalue weighted by atomic mass is 32.2. The van der Waals surface area contributed by atoms with E-state index < -0.39 is 5.97 Å². The molecule has 0 saturated carbocycles. The number of carboxylic acid groups (broad SMARTS) is 1. The third-order valence-corrected chi connectivity index (χ3v) is 2.93. The van der Waals surface area contributed by atoms with E-state index in [1.807, 2.05) is 30.3 Å². The molecule has 3 nitrogen and oxygen atoms in total. The summed E-state index contributed by atoms with van der Waals surface area (Å²) in [5.74, 6) is -0.603. The summed E-state index contributed by atoms with van der Waals surface area (Å²) in [6.07, 6.45) is 3.23. The second kappa shape index (κ2) is 6.12. The molecule has 1 aliphatic heterocycles. The van der Waals surface area contributed by atoms with Crippen LogP contribution in [-0.4, -0.2) is 11.1 Å². The fourth-order valence-electron chi connectivity index (χ4n) is 1.46. The Morgan fingerprint density at radius 1 is 1.17 bits per heavy atom. The maximum Gasteiger partial charge on any atom is 0.339 e. The third kappa shape index (κ3) is 3.28. The number of carboxylic acids is 1. The highest BCUT2D eigenvalue weighted by Crippen LogP contribution is 2.20. The predicted octanol–water partition coefficient (Wildman–Crippen LogP) is 3.32. The van der Waals surface area contributed by atoms with Gasteiger partial charge in [-0.2, -0.15) is 0 Å². The van der Waals surface area contributed by atoms with Crippen LogP contribution in [-0.2, 0) is 16.1 Å². The van der Waals surface area contributed by atoms with Gasteiger partial charge in [0.05, 0.1) is 0 Å². The Hall–Kier alpha value is -1.94. The zero-order valence-corrected chi connectivity index (χ0v) is 10.4. The Morgan fingerprint density at radius 2 is 1.89 bits per heavy atom. The van der Waals surface area contributed by atoms with Crippen molar-refractivity contribution in [1.82, 2.24) is 0 Å². The molecule has 0 amide bonds. The van der Waals surface area contributed by atoms with Crippen LogP contribution in [0.2, 0.25) is 0 Å². The van der Waals surface area contributed by atoms with Crippen LogP contribution >= 0.6 is 11.8 Å². The van der Waals surface area contributed by atoms with Gasteiger partial charge < -0.3 is 9.84 Å². The fraction of sp³-hybridized carbons (Fsp3) is 0.0714. The molecule has 4 heteroatoms.